The van der Waals surface area contributed by atoms with Crippen molar-refractivity contribution in [3.05, 3.63) is 54.6 Å². The Labute approximate surface area is 173 Å². The topological polar surface area (TPSA) is 117 Å². The molecule has 9 nitrogen and oxygen atoms in total. The first-order valence-corrected chi connectivity index (χ1v) is 9.43. The summed E-state index contributed by atoms with van der Waals surface area (Å²) in [6.45, 7) is 1.34. The lowest BCUT2D eigenvalue weighted by molar-refractivity contribution is -0.153. The predicted octanol–water partition coefficient (Wildman–Crippen LogP) is 2.12. The Morgan fingerprint density at radius 1 is 1.10 bits per heavy atom. The quantitative estimate of drug-likeness (QED) is 0.631. The number of para-hydroxylation sites is 3. The van der Waals surface area contributed by atoms with Gasteiger partial charge in [-0.3, -0.25) is 19.3 Å². The molecular formula is C21H22N4O5. The number of esters is 1. The minimum Gasteiger partial charge on any atom is -0.452 e. The molecule has 1 atom stereocenters. The van der Waals surface area contributed by atoms with Crippen LogP contribution in [0.15, 0.2) is 54.6 Å². The first-order valence-electron chi connectivity index (χ1n) is 9.43. The van der Waals surface area contributed by atoms with E-state index in [2.05, 4.69) is 16.0 Å². The van der Waals surface area contributed by atoms with E-state index in [0.717, 1.165) is 0 Å². The molecule has 1 heterocycles. The molecule has 2 aromatic carbocycles. The van der Waals surface area contributed by atoms with Crippen LogP contribution in [0.4, 0.5) is 21.9 Å². The van der Waals surface area contributed by atoms with Gasteiger partial charge in [0.1, 0.15) is 6.54 Å². The van der Waals surface area contributed by atoms with Gasteiger partial charge in [-0.1, -0.05) is 30.3 Å². The lowest BCUT2D eigenvalue weighted by atomic mass is 10.1. The Bertz CT molecular complexity index is 947. The average Bonchev–Trinajstić information content (AvgIpc) is 2.73. The van der Waals surface area contributed by atoms with E-state index < -0.39 is 24.0 Å². The lowest BCUT2D eigenvalue weighted by Crippen LogP contribution is -2.47. The highest BCUT2D eigenvalue weighted by Gasteiger charge is 2.31. The summed E-state index contributed by atoms with van der Waals surface area (Å²) in [5, 5.41) is 7.87. The third-order valence-electron chi connectivity index (χ3n) is 4.34. The van der Waals surface area contributed by atoms with Crippen LogP contribution in [0.3, 0.4) is 0 Å². The van der Waals surface area contributed by atoms with Crippen LogP contribution >= 0.6 is 0 Å². The maximum atomic E-state index is 12.7. The number of hydrogen-bond donors (Lipinski definition) is 3. The first-order chi connectivity index (χ1) is 14.4. The van der Waals surface area contributed by atoms with Gasteiger partial charge in [0.25, 0.3) is 5.91 Å². The van der Waals surface area contributed by atoms with Crippen molar-refractivity contribution in [2.45, 2.75) is 19.4 Å². The normalized spacial score (nSPS) is 13.5. The molecule has 0 aliphatic carbocycles. The Morgan fingerprint density at radius 3 is 2.57 bits per heavy atom. The summed E-state index contributed by atoms with van der Waals surface area (Å²) in [5.41, 5.74) is 1.70. The second kappa shape index (κ2) is 9.55. The fourth-order valence-corrected chi connectivity index (χ4v) is 2.93. The van der Waals surface area contributed by atoms with Crippen LogP contribution < -0.4 is 20.9 Å². The Morgan fingerprint density at radius 2 is 1.80 bits per heavy atom. The monoisotopic (exact) mass is 410 g/mol. The first kappa shape index (κ1) is 20.8. The highest BCUT2D eigenvalue weighted by atomic mass is 16.5. The van der Waals surface area contributed by atoms with Crippen molar-refractivity contribution in [2.24, 2.45) is 0 Å². The largest absolute Gasteiger partial charge is 0.452 e. The van der Waals surface area contributed by atoms with Gasteiger partial charge >= 0.3 is 12.0 Å². The van der Waals surface area contributed by atoms with E-state index >= 15 is 0 Å². The van der Waals surface area contributed by atoms with Crippen LogP contribution in [0.1, 0.15) is 13.3 Å². The molecule has 0 saturated carbocycles. The number of carbonyl (C=O) groups excluding carboxylic acids is 4. The van der Waals surface area contributed by atoms with Crippen molar-refractivity contribution in [3.8, 4) is 0 Å². The Balaban J connectivity index is 1.47. The fraction of sp³-hybridized carbons (Fsp3) is 0.238. The molecule has 30 heavy (non-hydrogen) atoms. The number of hydrogen-bond acceptors (Lipinski definition) is 5. The molecule has 2 aromatic rings. The summed E-state index contributed by atoms with van der Waals surface area (Å²) < 4.78 is 5.18. The number of nitrogens with zero attached hydrogens (tertiary/aromatic N) is 1. The standard InChI is InChI=1S/C21H22N4O5/c1-14(20(28)25-13-18(26)24-16-9-5-6-10-17(16)25)30-19(27)11-12-22-21(29)23-15-7-3-2-4-8-15/h2-10,14H,11-13H2,1H3,(H,24,26)(H2,22,23,29)/t14-/m1/s1. The molecule has 0 unspecified atom stereocenters. The van der Waals surface area contributed by atoms with Crippen LogP contribution in [0.25, 0.3) is 0 Å². The van der Waals surface area contributed by atoms with Crippen molar-refractivity contribution in [1.29, 1.82) is 0 Å². The van der Waals surface area contributed by atoms with E-state index in [0.29, 0.717) is 17.1 Å². The van der Waals surface area contributed by atoms with Gasteiger partial charge in [-0.2, -0.15) is 0 Å². The summed E-state index contributed by atoms with van der Waals surface area (Å²) in [5.74, 6) is -1.46. The molecule has 0 bridgehead atoms. The Hall–Kier alpha value is -3.88. The number of rotatable bonds is 6. The molecule has 1 aliphatic rings. The molecule has 156 valence electrons. The number of fused-ring (bicyclic) bond motifs is 1. The number of anilines is 3. The van der Waals surface area contributed by atoms with E-state index in [1.54, 1.807) is 48.5 Å². The number of amides is 4. The van der Waals surface area contributed by atoms with E-state index in [-0.39, 0.29) is 25.4 Å². The SMILES string of the molecule is C[C@@H](OC(=O)CCNC(=O)Nc1ccccc1)C(=O)N1CC(=O)Nc2ccccc21. The van der Waals surface area contributed by atoms with Crippen LogP contribution in [0, 0.1) is 0 Å². The molecule has 3 rings (SSSR count). The van der Waals surface area contributed by atoms with Crippen molar-refractivity contribution in [1.82, 2.24) is 5.32 Å². The van der Waals surface area contributed by atoms with E-state index in [4.69, 9.17) is 4.74 Å². The molecule has 4 amide bonds. The highest BCUT2D eigenvalue weighted by molar-refractivity contribution is 6.11. The molecule has 0 spiro atoms. The van der Waals surface area contributed by atoms with Gasteiger partial charge in [-0.05, 0) is 31.2 Å². The zero-order valence-electron chi connectivity index (χ0n) is 16.4. The van der Waals surface area contributed by atoms with Gasteiger partial charge in [-0.25, -0.2) is 4.79 Å². The fourth-order valence-electron chi connectivity index (χ4n) is 2.93. The second-order valence-corrected chi connectivity index (χ2v) is 6.62. The van der Waals surface area contributed by atoms with Gasteiger partial charge in [0.05, 0.1) is 17.8 Å². The minimum absolute atomic E-state index is 0.0490. The number of carbonyl (C=O) groups is 4. The number of urea groups is 1. The lowest BCUT2D eigenvalue weighted by Gasteiger charge is -2.30. The van der Waals surface area contributed by atoms with Crippen molar-refractivity contribution < 1.29 is 23.9 Å². The minimum atomic E-state index is -1.07. The predicted molar refractivity (Wildman–Crippen MR) is 111 cm³/mol. The van der Waals surface area contributed by atoms with E-state index in [1.807, 2.05) is 6.07 Å². The summed E-state index contributed by atoms with van der Waals surface area (Å²) >= 11 is 0. The summed E-state index contributed by atoms with van der Waals surface area (Å²) in [4.78, 5) is 49.7. The van der Waals surface area contributed by atoms with Crippen LogP contribution in [0.2, 0.25) is 0 Å². The van der Waals surface area contributed by atoms with Crippen molar-refractivity contribution >= 4 is 40.9 Å². The van der Waals surface area contributed by atoms with Crippen LogP contribution in [-0.4, -0.2) is 43.0 Å². The molecule has 0 radical (unpaired) electrons. The van der Waals surface area contributed by atoms with Gasteiger partial charge in [0, 0.05) is 12.2 Å². The number of nitrogens with one attached hydrogen (secondary N) is 3. The molecular weight excluding hydrogens is 388 g/mol. The van der Waals surface area contributed by atoms with Gasteiger partial charge < -0.3 is 20.7 Å². The molecule has 0 saturated heterocycles. The maximum absolute atomic E-state index is 12.7. The van der Waals surface area contributed by atoms with Crippen LogP contribution in [-0.2, 0) is 19.1 Å². The molecule has 0 fully saturated rings. The van der Waals surface area contributed by atoms with Crippen LogP contribution in [0.5, 0.6) is 0 Å². The summed E-state index contributed by atoms with van der Waals surface area (Å²) in [6, 6.07) is 15.3. The van der Waals surface area contributed by atoms with Crippen molar-refractivity contribution in [3.63, 3.8) is 0 Å². The number of benzene rings is 2. The number of ether oxygens (including phenoxy) is 1. The molecule has 3 N–H and O–H groups in total. The summed E-state index contributed by atoms with van der Waals surface area (Å²) in [6.07, 6.45) is -1.17. The average molecular weight is 410 g/mol. The Kier molecular flexibility index (Phi) is 6.63. The van der Waals surface area contributed by atoms with Gasteiger partial charge in [-0.15, -0.1) is 0 Å². The second-order valence-electron chi connectivity index (χ2n) is 6.62. The van der Waals surface area contributed by atoms with E-state index in [1.165, 1.54) is 11.8 Å². The van der Waals surface area contributed by atoms with E-state index in [9.17, 15) is 19.2 Å². The zero-order chi connectivity index (χ0) is 21.5. The maximum Gasteiger partial charge on any atom is 0.319 e. The molecule has 0 aromatic heterocycles. The molecule has 9 heteroatoms. The highest BCUT2D eigenvalue weighted by Crippen LogP contribution is 2.29. The molecule has 1 aliphatic heterocycles. The smallest absolute Gasteiger partial charge is 0.319 e. The third-order valence-corrected chi connectivity index (χ3v) is 4.34. The van der Waals surface area contributed by atoms with Gasteiger partial charge in [0.15, 0.2) is 6.10 Å². The zero-order valence-corrected chi connectivity index (χ0v) is 16.4. The van der Waals surface area contributed by atoms with Gasteiger partial charge in [0.2, 0.25) is 5.91 Å². The third kappa shape index (κ3) is 5.34. The summed E-state index contributed by atoms with van der Waals surface area (Å²) in [7, 11) is 0. The van der Waals surface area contributed by atoms with Crippen molar-refractivity contribution in [2.75, 3.05) is 28.6 Å².